The van der Waals surface area contributed by atoms with E-state index in [4.69, 9.17) is 4.74 Å². The quantitative estimate of drug-likeness (QED) is 0.444. The zero-order valence-electron chi connectivity index (χ0n) is 9.22. The Balaban J connectivity index is 2.98. The Labute approximate surface area is 99.2 Å². The van der Waals surface area contributed by atoms with Crippen LogP contribution >= 0.6 is 0 Å². The van der Waals surface area contributed by atoms with E-state index in [9.17, 15) is 9.59 Å². The smallest absolute Gasteiger partial charge is 0.343 e. The summed E-state index contributed by atoms with van der Waals surface area (Å²) in [5, 5.41) is 0. The lowest BCUT2D eigenvalue weighted by Gasteiger charge is -2.06. The molecule has 0 bridgehead atoms. The van der Waals surface area contributed by atoms with E-state index in [1.165, 1.54) is 18.2 Å². The Morgan fingerprint density at radius 3 is 2.24 bits per heavy atom. The fourth-order valence-corrected chi connectivity index (χ4v) is 1.19. The van der Waals surface area contributed by atoms with E-state index < -0.39 is 11.9 Å². The third-order valence-corrected chi connectivity index (χ3v) is 1.89. The van der Waals surface area contributed by atoms with Crippen molar-refractivity contribution in [1.29, 1.82) is 0 Å². The van der Waals surface area contributed by atoms with Crippen molar-refractivity contribution in [3.05, 3.63) is 60.9 Å². The zero-order chi connectivity index (χ0) is 12.7. The Morgan fingerprint density at radius 2 is 1.71 bits per heavy atom. The maximum atomic E-state index is 11.6. The van der Waals surface area contributed by atoms with Gasteiger partial charge in [-0.3, -0.25) is 0 Å². The second-order valence-corrected chi connectivity index (χ2v) is 3.00. The minimum atomic E-state index is -0.647. The summed E-state index contributed by atoms with van der Waals surface area (Å²) in [7, 11) is 0. The van der Waals surface area contributed by atoms with Crippen molar-refractivity contribution >= 4 is 11.9 Å². The summed E-state index contributed by atoms with van der Waals surface area (Å²) >= 11 is 0. The molecule has 0 radical (unpaired) electrons. The number of rotatable bonds is 5. The van der Waals surface area contributed by atoms with Crippen molar-refractivity contribution in [2.75, 3.05) is 6.61 Å². The summed E-state index contributed by atoms with van der Waals surface area (Å²) in [6, 6.07) is 6.24. The van der Waals surface area contributed by atoms with Gasteiger partial charge >= 0.3 is 11.9 Å². The number of esters is 2. The van der Waals surface area contributed by atoms with Gasteiger partial charge in [0.15, 0.2) is 0 Å². The van der Waals surface area contributed by atoms with Crippen molar-refractivity contribution in [1.82, 2.24) is 0 Å². The van der Waals surface area contributed by atoms with E-state index in [0.717, 1.165) is 6.26 Å². The van der Waals surface area contributed by atoms with Gasteiger partial charge in [0.2, 0.25) is 0 Å². The van der Waals surface area contributed by atoms with Gasteiger partial charge in [-0.2, -0.15) is 0 Å². The number of carbonyl (C=O) groups is 2. The Morgan fingerprint density at radius 1 is 1.12 bits per heavy atom. The highest BCUT2D eigenvalue weighted by molar-refractivity contribution is 6.03. The van der Waals surface area contributed by atoms with Crippen LogP contribution in [0.15, 0.2) is 49.8 Å². The highest BCUT2D eigenvalue weighted by atomic mass is 16.5. The number of hydrogen-bond acceptors (Lipinski definition) is 4. The lowest BCUT2D eigenvalue weighted by Crippen LogP contribution is -2.12. The van der Waals surface area contributed by atoms with Gasteiger partial charge in [-0.25, -0.2) is 9.59 Å². The molecule has 4 heteroatoms. The molecule has 0 heterocycles. The normalized spacial score (nSPS) is 9.18. The maximum Gasteiger partial charge on any atom is 0.343 e. The SMILES string of the molecule is C=CCOC(=O)c1ccccc1C(=O)OC=C. The second kappa shape index (κ2) is 6.27. The van der Waals surface area contributed by atoms with E-state index in [-0.39, 0.29) is 17.7 Å². The topological polar surface area (TPSA) is 52.6 Å². The van der Waals surface area contributed by atoms with Crippen molar-refractivity contribution in [2.45, 2.75) is 0 Å². The second-order valence-electron chi connectivity index (χ2n) is 3.00. The maximum absolute atomic E-state index is 11.6. The number of carbonyl (C=O) groups excluding carboxylic acids is 2. The van der Waals surface area contributed by atoms with E-state index in [0.29, 0.717) is 0 Å². The molecule has 0 aliphatic heterocycles. The summed E-state index contributed by atoms with van der Waals surface area (Å²) in [4.78, 5) is 23.2. The molecule has 0 aromatic heterocycles. The van der Waals surface area contributed by atoms with Crippen molar-refractivity contribution in [3.8, 4) is 0 Å². The molecule has 0 saturated carbocycles. The molecule has 1 aromatic carbocycles. The molecule has 0 amide bonds. The molecule has 1 rings (SSSR count). The van der Waals surface area contributed by atoms with Gasteiger partial charge in [0.05, 0.1) is 17.4 Å². The minimum absolute atomic E-state index is 0.0870. The first-order chi connectivity index (χ1) is 8.20. The third-order valence-electron chi connectivity index (χ3n) is 1.89. The minimum Gasteiger partial charge on any atom is -0.458 e. The van der Waals surface area contributed by atoms with Crippen LogP contribution < -0.4 is 0 Å². The van der Waals surface area contributed by atoms with Gasteiger partial charge in [0, 0.05) is 0 Å². The summed E-state index contributed by atoms with van der Waals surface area (Å²) in [6.45, 7) is 6.80. The van der Waals surface area contributed by atoms with E-state index in [1.807, 2.05) is 0 Å². The number of ether oxygens (including phenoxy) is 2. The van der Waals surface area contributed by atoms with Crippen molar-refractivity contribution < 1.29 is 19.1 Å². The van der Waals surface area contributed by atoms with Crippen LogP contribution in [0.1, 0.15) is 20.7 Å². The molecular weight excluding hydrogens is 220 g/mol. The van der Waals surface area contributed by atoms with Crippen LogP contribution in [0.3, 0.4) is 0 Å². The molecule has 4 nitrogen and oxygen atoms in total. The van der Waals surface area contributed by atoms with Crippen LogP contribution in [0.2, 0.25) is 0 Å². The molecule has 0 atom stereocenters. The standard InChI is InChI=1S/C13H12O4/c1-3-9-17-13(15)11-8-6-5-7-10(11)12(14)16-4-2/h3-8H,1-2,9H2. The Bertz CT molecular complexity index is 448. The van der Waals surface area contributed by atoms with Gasteiger partial charge in [0.1, 0.15) is 6.61 Å². The molecule has 0 saturated heterocycles. The number of benzene rings is 1. The number of hydrogen-bond donors (Lipinski definition) is 0. The third kappa shape index (κ3) is 3.31. The largest absolute Gasteiger partial charge is 0.458 e. The fraction of sp³-hybridized carbons (Fsp3) is 0.0769. The molecular formula is C13H12O4. The first-order valence-corrected chi connectivity index (χ1v) is 4.89. The molecule has 0 aliphatic rings. The molecule has 88 valence electrons. The Hall–Kier alpha value is -2.36. The van der Waals surface area contributed by atoms with Crippen molar-refractivity contribution in [3.63, 3.8) is 0 Å². The summed E-state index contributed by atoms with van der Waals surface area (Å²) in [6.07, 6.45) is 2.46. The molecule has 17 heavy (non-hydrogen) atoms. The predicted molar refractivity (Wildman–Crippen MR) is 62.5 cm³/mol. The predicted octanol–water partition coefficient (Wildman–Crippen LogP) is 2.33. The van der Waals surface area contributed by atoms with Crippen LogP contribution in [0.4, 0.5) is 0 Å². The van der Waals surface area contributed by atoms with E-state index >= 15 is 0 Å². The van der Waals surface area contributed by atoms with E-state index in [2.05, 4.69) is 17.9 Å². The van der Waals surface area contributed by atoms with Gasteiger partial charge in [-0.15, -0.1) is 0 Å². The van der Waals surface area contributed by atoms with Crippen LogP contribution in [-0.2, 0) is 9.47 Å². The zero-order valence-corrected chi connectivity index (χ0v) is 9.22. The molecule has 0 N–H and O–H groups in total. The van der Waals surface area contributed by atoms with Crippen LogP contribution in [-0.4, -0.2) is 18.5 Å². The van der Waals surface area contributed by atoms with Crippen LogP contribution in [0, 0.1) is 0 Å². The summed E-state index contributed by atoms with van der Waals surface area (Å²) in [5.74, 6) is -1.24. The first-order valence-electron chi connectivity index (χ1n) is 4.89. The molecule has 0 fully saturated rings. The monoisotopic (exact) mass is 232 g/mol. The first kappa shape index (κ1) is 12.7. The fourth-order valence-electron chi connectivity index (χ4n) is 1.19. The summed E-state index contributed by atoms with van der Waals surface area (Å²) in [5.41, 5.74) is 0.294. The Kier molecular flexibility index (Phi) is 4.69. The van der Waals surface area contributed by atoms with Gasteiger partial charge in [0.25, 0.3) is 0 Å². The lowest BCUT2D eigenvalue weighted by atomic mass is 10.1. The summed E-state index contributed by atoms with van der Waals surface area (Å²) < 4.78 is 9.48. The lowest BCUT2D eigenvalue weighted by molar-refractivity contribution is 0.0533. The molecule has 1 aromatic rings. The molecule has 0 aliphatic carbocycles. The van der Waals surface area contributed by atoms with Gasteiger partial charge < -0.3 is 9.47 Å². The van der Waals surface area contributed by atoms with Crippen molar-refractivity contribution in [2.24, 2.45) is 0 Å². The highest BCUT2D eigenvalue weighted by Gasteiger charge is 2.17. The molecule has 0 unspecified atom stereocenters. The van der Waals surface area contributed by atoms with Gasteiger partial charge in [-0.05, 0) is 12.1 Å². The van der Waals surface area contributed by atoms with Crippen LogP contribution in [0.5, 0.6) is 0 Å². The molecule has 0 spiro atoms. The van der Waals surface area contributed by atoms with Gasteiger partial charge in [-0.1, -0.05) is 31.4 Å². The van der Waals surface area contributed by atoms with E-state index in [1.54, 1.807) is 12.1 Å². The van der Waals surface area contributed by atoms with Crippen LogP contribution in [0.25, 0.3) is 0 Å². The highest BCUT2D eigenvalue weighted by Crippen LogP contribution is 2.12. The average Bonchev–Trinajstić information content (AvgIpc) is 2.36. The average molecular weight is 232 g/mol.